The quantitative estimate of drug-likeness (QED) is 0.781. The van der Waals surface area contributed by atoms with Crippen LogP contribution in [-0.4, -0.2) is 36.1 Å². The molecule has 0 fully saturated rings. The van der Waals surface area contributed by atoms with Crippen molar-refractivity contribution in [1.29, 1.82) is 0 Å². The summed E-state index contributed by atoms with van der Waals surface area (Å²) < 4.78 is 4.44. The van der Waals surface area contributed by atoms with Crippen molar-refractivity contribution in [3.8, 4) is 0 Å². The van der Waals surface area contributed by atoms with Crippen LogP contribution in [0.25, 0.3) is 0 Å². The van der Waals surface area contributed by atoms with E-state index >= 15 is 0 Å². The number of amides is 1. The number of carbonyl (C=O) groups is 3. The number of hydrogen-bond donors (Lipinski definition) is 2. The van der Waals surface area contributed by atoms with E-state index in [1.54, 1.807) is 25.1 Å². The van der Waals surface area contributed by atoms with E-state index in [1.165, 1.54) is 7.11 Å². The third-order valence-electron chi connectivity index (χ3n) is 2.98. The molecule has 0 aliphatic carbocycles. The number of carboxylic acids is 1. The Bertz CT molecular complexity index is 558. The highest BCUT2D eigenvalue weighted by atomic mass is 35.5. The Morgan fingerprint density at radius 2 is 2.05 bits per heavy atom. The van der Waals surface area contributed by atoms with Gasteiger partial charge in [-0.25, -0.2) is 4.79 Å². The average molecular weight is 314 g/mol. The molecular formula is C14H16ClNO5. The van der Waals surface area contributed by atoms with Gasteiger partial charge in [-0.05, 0) is 31.0 Å². The van der Waals surface area contributed by atoms with Gasteiger partial charge in [0.05, 0.1) is 7.11 Å². The Labute approximate surface area is 127 Å². The van der Waals surface area contributed by atoms with Gasteiger partial charge in [0, 0.05) is 17.0 Å². The molecule has 7 heteroatoms. The summed E-state index contributed by atoms with van der Waals surface area (Å²) in [6.07, 6.45) is -0.143. The van der Waals surface area contributed by atoms with Crippen LogP contribution >= 0.6 is 11.6 Å². The average Bonchev–Trinajstić information content (AvgIpc) is 2.45. The molecule has 0 spiro atoms. The summed E-state index contributed by atoms with van der Waals surface area (Å²) >= 11 is 5.92. The topological polar surface area (TPSA) is 92.7 Å². The van der Waals surface area contributed by atoms with Gasteiger partial charge in [-0.1, -0.05) is 17.7 Å². The van der Waals surface area contributed by atoms with Crippen LogP contribution in [0.15, 0.2) is 18.2 Å². The zero-order valence-electron chi connectivity index (χ0n) is 11.7. The molecule has 1 aromatic rings. The summed E-state index contributed by atoms with van der Waals surface area (Å²) in [4.78, 5) is 34.3. The highest BCUT2D eigenvalue weighted by molar-refractivity contribution is 6.31. The lowest BCUT2D eigenvalue weighted by atomic mass is 10.1. The smallest absolute Gasteiger partial charge is 0.326 e. The molecule has 0 aliphatic rings. The molecule has 1 atom stereocenters. The zero-order chi connectivity index (χ0) is 16.0. The highest BCUT2D eigenvalue weighted by Gasteiger charge is 2.22. The molecule has 21 heavy (non-hydrogen) atoms. The number of carbonyl (C=O) groups excluding carboxylic acids is 2. The van der Waals surface area contributed by atoms with Crippen LogP contribution in [0, 0.1) is 6.92 Å². The lowest BCUT2D eigenvalue weighted by Crippen LogP contribution is -2.41. The minimum absolute atomic E-state index is 0.0483. The van der Waals surface area contributed by atoms with Gasteiger partial charge in [-0.3, -0.25) is 9.59 Å². The molecule has 0 bridgehead atoms. The maximum atomic E-state index is 12.1. The standard InChI is InChI=1S/C14H16ClNO5/c1-8-9(4-3-5-10(8)15)13(18)16-11(14(19)20)6-7-12(17)21-2/h3-5,11H,6-7H2,1-2H3,(H,16,18)(H,19,20)/t11-/m1/s1. The number of carboxylic acid groups (broad SMARTS) is 1. The molecule has 1 rings (SSSR count). The van der Waals surface area contributed by atoms with Crippen molar-refractivity contribution in [3.05, 3.63) is 34.3 Å². The van der Waals surface area contributed by atoms with Crippen LogP contribution in [0.3, 0.4) is 0 Å². The lowest BCUT2D eigenvalue weighted by molar-refractivity contribution is -0.142. The van der Waals surface area contributed by atoms with E-state index in [2.05, 4.69) is 10.1 Å². The molecule has 1 amide bonds. The fraction of sp³-hybridized carbons (Fsp3) is 0.357. The maximum absolute atomic E-state index is 12.1. The molecule has 0 radical (unpaired) electrons. The summed E-state index contributed by atoms with van der Waals surface area (Å²) in [5, 5.41) is 11.9. The first-order valence-electron chi connectivity index (χ1n) is 6.22. The number of rotatable bonds is 6. The fourth-order valence-corrected chi connectivity index (χ4v) is 1.89. The number of nitrogens with one attached hydrogen (secondary N) is 1. The Balaban J connectivity index is 2.79. The number of methoxy groups -OCH3 is 1. The monoisotopic (exact) mass is 313 g/mol. The second kappa shape index (κ2) is 7.64. The molecule has 1 aromatic carbocycles. The van der Waals surface area contributed by atoms with E-state index in [0.29, 0.717) is 16.1 Å². The van der Waals surface area contributed by atoms with Crippen LogP contribution in [0.2, 0.25) is 5.02 Å². The molecule has 0 saturated carbocycles. The van der Waals surface area contributed by atoms with E-state index in [4.69, 9.17) is 16.7 Å². The summed E-state index contributed by atoms with van der Waals surface area (Å²) in [5.74, 6) is -2.30. The molecule has 114 valence electrons. The minimum Gasteiger partial charge on any atom is -0.480 e. The number of hydrogen-bond acceptors (Lipinski definition) is 4. The van der Waals surface area contributed by atoms with Gasteiger partial charge in [-0.2, -0.15) is 0 Å². The largest absolute Gasteiger partial charge is 0.480 e. The van der Waals surface area contributed by atoms with Crippen molar-refractivity contribution in [2.45, 2.75) is 25.8 Å². The van der Waals surface area contributed by atoms with Gasteiger partial charge in [0.1, 0.15) is 6.04 Å². The predicted octanol–water partition coefficient (Wildman–Crippen LogP) is 1.78. The Hall–Kier alpha value is -2.08. The van der Waals surface area contributed by atoms with Crippen LogP contribution in [0.4, 0.5) is 0 Å². The summed E-state index contributed by atoms with van der Waals surface area (Å²) in [7, 11) is 1.21. The summed E-state index contributed by atoms with van der Waals surface area (Å²) in [6.45, 7) is 1.67. The molecule has 6 nitrogen and oxygen atoms in total. The van der Waals surface area contributed by atoms with Crippen molar-refractivity contribution in [2.24, 2.45) is 0 Å². The third kappa shape index (κ3) is 4.75. The van der Waals surface area contributed by atoms with Crippen molar-refractivity contribution in [2.75, 3.05) is 7.11 Å². The van der Waals surface area contributed by atoms with Gasteiger partial charge >= 0.3 is 11.9 Å². The highest BCUT2D eigenvalue weighted by Crippen LogP contribution is 2.18. The molecule has 0 saturated heterocycles. The van der Waals surface area contributed by atoms with Gasteiger partial charge in [0.25, 0.3) is 5.91 Å². The van der Waals surface area contributed by atoms with Gasteiger partial charge in [0.15, 0.2) is 0 Å². The zero-order valence-corrected chi connectivity index (χ0v) is 12.4. The predicted molar refractivity (Wildman–Crippen MR) is 76.3 cm³/mol. The van der Waals surface area contributed by atoms with E-state index in [9.17, 15) is 14.4 Å². The normalized spacial score (nSPS) is 11.6. The Morgan fingerprint density at radius 3 is 2.62 bits per heavy atom. The number of ether oxygens (including phenoxy) is 1. The first kappa shape index (κ1) is 17.0. The minimum atomic E-state index is -1.22. The Morgan fingerprint density at radius 1 is 1.38 bits per heavy atom. The molecule has 2 N–H and O–H groups in total. The van der Waals surface area contributed by atoms with Crippen LogP contribution in [-0.2, 0) is 14.3 Å². The van der Waals surface area contributed by atoms with E-state index in [-0.39, 0.29) is 12.8 Å². The third-order valence-corrected chi connectivity index (χ3v) is 3.39. The maximum Gasteiger partial charge on any atom is 0.326 e. The molecule has 0 aromatic heterocycles. The van der Waals surface area contributed by atoms with Gasteiger partial charge < -0.3 is 15.2 Å². The SMILES string of the molecule is COC(=O)CC[C@@H](NC(=O)c1cccc(Cl)c1C)C(=O)O. The van der Waals surface area contributed by atoms with E-state index in [0.717, 1.165) is 0 Å². The second-order valence-corrected chi connectivity index (χ2v) is 4.80. The molecule has 0 aliphatic heterocycles. The number of halogens is 1. The first-order valence-corrected chi connectivity index (χ1v) is 6.60. The second-order valence-electron chi connectivity index (χ2n) is 4.39. The van der Waals surface area contributed by atoms with Crippen molar-refractivity contribution in [1.82, 2.24) is 5.32 Å². The van der Waals surface area contributed by atoms with Crippen LogP contribution in [0.1, 0.15) is 28.8 Å². The number of aliphatic carboxylic acids is 1. The summed E-state index contributed by atoms with van der Waals surface area (Å²) in [5.41, 5.74) is 0.862. The van der Waals surface area contributed by atoms with Crippen molar-refractivity contribution < 1.29 is 24.2 Å². The summed E-state index contributed by atoms with van der Waals surface area (Å²) in [6, 6.07) is 3.62. The first-order chi connectivity index (χ1) is 9.86. The van der Waals surface area contributed by atoms with E-state index < -0.39 is 23.9 Å². The van der Waals surface area contributed by atoms with Crippen molar-refractivity contribution >= 4 is 29.4 Å². The molecule has 0 heterocycles. The lowest BCUT2D eigenvalue weighted by Gasteiger charge is -2.15. The van der Waals surface area contributed by atoms with Gasteiger partial charge in [0.2, 0.25) is 0 Å². The van der Waals surface area contributed by atoms with Crippen molar-refractivity contribution in [3.63, 3.8) is 0 Å². The van der Waals surface area contributed by atoms with Crippen LogP contribution < -0.4 is 5.32 Å². The van der Waals surface area contributed by atoms with Gasteiger partial charge in [-0.15, -0.1) is 0 Å². The fourth-order valence-electron chi connectivity index (χ4n) is 1.71. The van der Waals surface area contributed by atoms with Crippen LogP contribution in [0.5, 0.6) is 0 Å². The Kier molecular flexibility index (Phi) is 6.17. The number of benzene rings is 1. The molecular weight excluding hydrogens is 298 g/mol. The molecule has 0 unspecified atom stereocenters. The van der Waals surface area contributed by atoms with E-state index in [1.807, 2.05) is 0 Å². The number of esters is 1.